The molecule has 1 aromatic heterocycles. The van der Waals surface area contributed by atoms with E-state index in [9.17, 15) is 8.42 Å². The molecule has 0 aliphatic carbocycles. The van der Waals surface area contributed by atoms with Gasteiger partial charge in [0.2, 0.25) is 10.0 Å². The number of aliphatic hydroxyl groups is 1. The van der Waals surface area contributed by atoms with Crippen molar-refractivity contribution in [3.63, 3.8) is 0 Å². The Hall–Kier alpha value is -1.63. The smallest absolute Gasteiger partial charge is 0.242 e. The quantitative estimate of drug-likeness (QED) is 0.846. The number of hydrogen-bond acceptors (Lipinski definition) is 3. The van der Waals surface area contributed by atoms with Gasteiger partial charge in [-0.05, 0) is 30.5 Å². The summed E-state index contributed by atoms with van der Waals surface area (Å²) in [5.41, 5.74) is 2.84. The first-order chi connectivity index (χ1) is 9.94. The number of nitrogens with one attached hydrogen (secondary N) is 1. The fourth-order valence-corrected chi connectivity index (χ4v) is 3.30. The van der Waals surface area contributed by atoms with Gasteiger partial charge < -0.3 is 9.67 Å². The standard InChI is InChI=1S/C15H20N2O3S/c1-12-5-3-4-6-13(12)7-8-16-21(19,20)15-9-14(11-18)17(2)10-15/h3-6,9-10,16,18H,7-8,11H2,1-2H3. The number of aliphatic hydroxyl groups excluding tert-OH is 1. The number of rotatable bonds is 6. The van der Waals surface area contributed by atoms with Crippen molar-refractivity contribution in [1.82, 2.24) is 9.29 Å². The molecule has 0 atom stereocenters. The van der Waals surface area contributed by atoms with E-state index in [-0.39, 0.29) is 11.5 Å². The fraction of sp³-hybridized carbons (Fsp3) is 0.333. The lowest BCUT2D eigenvalue weighted by Crippen LogP contribution is -2.25. The molecule has 0 bridgehead atoms. The largest absolute Gasteiger partial charge is 0.390 e. The third kappa shape index (κ3) is 3.72. The Morgan fingerprint density at radius 3 is 2.62 bits per heavy atom. The maximum atomic E-state index is 12.2. The van der Waals surface area contributed by atoms with Crippen LogP contribution in [0.5, 0.6) is 0 Å². The molecule has 0 spiro atoms. The Morgan fingerprint density at radius 2 is 2.00 bits per heavy atom. The number of benzene rings is 1. The molecule has 0 aliphatic rings. The zero-order valence-corrected chi connectivity index (χ0v) is 13.0. The van der Waals surface area contributed by atoms with Crippen LogP contribution in [0.15, 0.2) is 41.4 Å². The van der Waals surface area contributed by atoms with Gasteiger partial charge in [0.25, 0.3) is 0 Å². The fourth-order valence-electron chi connectivity index (χ4n) is 2.18. The minimum Gasteiger partial charge on any atom is -0.390 e. The molecule has 0 amide bonds. The van der Waals surface area contributed by atoms with Crippen molar-refractivity contribution in [3.8, 4) is 0 Å². The van der Waals surface area contributed by atoms with E-state index in [2.05, 4.69) is 4.72 Å². The van der Waals surface area contributed by atoms with E-state index in [4.69, 9.17) is 5.11 Å². The van der Waals surface area contributed by atoms with Crippen molar-refractivity contribution in [1.29, 1.82) is 0 Å². The molecule has 6 heteroatoms. The van der Waals surface area contributed by atoms with Gasteiger partial charge in [0.1, 0.15) is 0 Å². The number of aromatic nitrogens is 1. The minimum absolute atomic E-state index is 0.179. The first-order valence-electron chi connectivity index (χ1n) is 6.74. The number of hydrogen-bond donors (Lipinski definition) is 2. The van der Waals surface area contributed by atoms with Gasteiger partial charge in [0.15, 0.2) is 0 Å². The van der Waals surface area contributed by atoms with Gasteiger partial charge in [-0.25, -0.2) is 13.1 Å². The number of sulfonamides is 1. The highest BCUT2D eigenvalue weighted by atomic mass is 32.2. The molecule has 1 aromatic carbocycles. The molecule has 0 aliphatic heterocycles. The lowest BCUT2D eigenvalue weighted by molar-refractivity contribution is 0.272. The van der Waals surface area contributed by atoms with Crippen LogP contribution in [0.1, 0.15) is 16.8 Å². The van der Waals surface area contributed by atoms with E-state index < -0.39 is 10.0 Å². The van der Waals surface area contributed by atoms with Crippen LogP contribution in [-0.4, -0.2) is 24.6 Å². The van der Waals surface area contributed by atoms with Crippen LogP contribution in [0, 0.1) is 6.92 Å². The molecule has 2 rings (SSSR count). The maximum absolute atomic E-state index is 12.2. The number of nitrogens with zero attached hydrogens (tertiary/aromatic N) is 1. The van der Waals surface area contributed by atoms with E-state index in [0.29, 0.717) is 18.7 Å². The molecule has 0 radical (unpaired) electrons. The summed E-state index contributed by atoms with van der Waals surface area (Å²) in [6.45, 7) is 2.17. The first-order valence-corrected chi connectivity index (χ1v) is 8.22. The number of aryl methyl sites for hydroxylation is 2. The highest BCUT2D eigenvalue weighted by molar-refractivity contribution is 7.89. The van der Waals surface area contributed by atoms with Crippen LogP contribution in [-0.2, 0) is 30.1 Å². The summed E-state index contributed by atoms with van der Waals surface area (Å²) < 4.78 is 28.6. The van der Waals surface area contributed by atoms with Crippen molar-refractivity contribution >= 4 is 10.0 Å². The van der Waals surface area contributed by atoms with Gasteiger partial charge in [0.05, 0.1) is 11.5 Å². The van der Waals surface area contributed by atoms with Crippen molar-refractivity contribution in [2.45, 2.75) is 24.8 Å². The topological polar surface area (TPSA) is 71.3 Å². The molecule has 114 valence electrons. The predicted molar refractivity (Wildman–Crippen MR) is 81.4 cm³/mol. The van der Waals surface area contributed by atoms with Gasteiger partial charge in [-0.2, -0.15) is 0 Å². The molecule has 2 N–H and O–H groups in total. The Morgan fingerprint density at radius 1 is 1.29 bits per heavy atom. The van der Waals surface area contributed by atoms with E-state index in [0.717, 1.165) is 11.1 Å². The van der Waals surface area contributed by atoms with Crippen LogP contribution in [0.3, 0.4) is 0 Å². The molecule has 0 unspecified atom stereocenters. The minimum atomic E-state index is -3.54. The third-order valence-electron chi connectivity index (χ3n) is 3.50. The van der Waals surface area contributed by atoms with Crippen LogP contribution >= 0.6 is 0 Å². The maximum Gasteiger partial charge on any atom is 0.242 e. The second-order valence-corrected chi connectivity index (χ2v) is 6.78. The van der Waals surface area contributed by atoms with Gasteiger partial charge in [-0.3, -0.25) is 0 Å². The van der Waals surface area contributed by atoms with E-state index in [1.807, 2.05) is 31.2 Å². The summed E-state index contributed by atoms with van der Waals surface area (Å²) in [6.07, 6.45) is 2.15. The first kappa shape index (κ1) is 15.8. The zero-order valence-electron chi connectivity index (χ0n) is 12.2. The molecule has 5 nitrogen and oxygen atoms in total. The Labute approximate surface area is 125 Å². The van der Waals surface area contributed by atoms with E-state index >= 15 is 0 Å². The molecule has 0 saturated heterocycles. The summed E-state index contributed by atoms with van der Waals surface area (Å²) >= 11 is 0. The van der Waals surface area contributed by atoms with Crippen LogP contribution in [0.2, 0.25) is 0 Å². The molecule has 21 heavy (non-hydrogen) atoms. The van der Waals surface area contributed by atoms with Crippen molar-refractivity contribution in [2.75, 3.05) is 6.54 Å². The van der Waals surface area contributed by atoms with E-state index in [1.54, 1.807) is 11.6 Å². The average molecular weight is 308 g/mol. The van der Waals surface area contributed by atoms with Crippen molar-refractivity contribution < 1.29 is 13.5 Å². The Kier molecular flexibility index (Phi) is 4.82. The lowest BCUT2D eigenvalue weighted by Gasteiger charge is -2.07. The predicted octanol–water partition coefficient (Wildman–Crippen LogP) is 1.35. The van der Waals surface area contributed by atoms with Gasteiger partial charge in [0, 0.05) is 25.5 Å². The van der Waals surface area contributed by atoms with Crippen LogP contribution in [0.25, 0.3) is 0 Å². The monoisotopic (exact) mass is 308 g/mol. The summed E-state index contributed by atoms with van der Waals surface area (Å²) in [5.74, 6) is 0. The average Bonchev–Trinajstić information content (AvgIpc) is 2.83. The van der Waals surface area contributed by atoms with E-state index in [1.165, 1.54) is 12.3 Å². The molecule has 0 fully saturated rings. The van der Waals surface area contributed by atoms with Gasteiger partial charge in [-0.15, -0.1) is 0 Å². The Balaban J connectivity index is 2.03. The Bertz CT molecular complexity index is 720. The molecule has 1 heterocycles. The third-order valence-corrected chi connectivity index (χ3v) is 4.93. The summed E-state index contributed by atoms with van der Waals surface area (Å²) in [6, 6.07) is 9.39. The normalized spacial score (nSPS) is 11.8. The molecular formula is C15H20N2O3S. The summed E-state index contributed by atoms with van der Waals surface area (Å²) in [4.78, 5) is 0.179. The molecule has 2 aromatic rings. The zero-order chi connectivity index (χ0) is 15.5. The summed E-state index contributed by atoms with van der Waals surface area (Å²) in [7, 11) is -1.83. The van der Waals surface area contributed by atoms with Crippen LogP contribution in [0.4, 0.5) is 0 Å². The van der Waals surface area contributed by atoms with Crippen LogP contribution < -0.4 is 4.72 Å². The SMILES string of the molecule is Cc1ccccc1CCNS(=O)(=O)c1cc(CO)n(C)c1. The second kappa shape index (κ2) is 6.43. The highest BCUT2D eigenvalue weighted by Crippen LogP contribution is 2.13. The van der Waals surface area contributed by atoms with Gasteiger partial charge in [-0.1, -0.05) is 24.3 Å². The summed E-state index contributed by atoms with van der Waals surface area (Å²) in [5, 5.41) is 9.12. The van der Waals surface area contributed by atoms with Crippen molar-refractivity contribution in [3.05, 3.63) is 53.3 Å². The molecular weight excluding hydrogens is 288 g/mol. The second-order valence-electron chi connectivity index (χ2n) is 5.01. The lowest BCUT2D eigenvalue weighted by atomic mass is 10.1. The van der Waals surface area contributed by atoms with Crippen molar-refractivity contribution in [2.24, 2.45) is 7.05 Å². The van der Waals surface area contributed by atoms with Gasteiger partial charge >= 0.3 is 0 Å². The highest BCUT2D eigenvalue weighted by Gasteiger charge is 2.16. The molecule has 0 saturated carbocycles.